The van der Waals surface area contributed by atoms with Gasteiger partial charge in [0.25, 0.3) is 0 Å². The molecule has 0 amide bonds. The second-order valence-electron chi connectivity index (χ2n) is 3.97. The summed E-state index contributed by atoms with van der Waals surface area (Å²) in [6, 6.07) is 4.85. The minimum atomic E-state index is -1.13. The second-order valence-corrected chi connectivity index (χ2v) is 4.82. The zero-order valence-corrected chi connectivity index (χ0v) is 11.6. The van der Waals surface area contributed by atoms with Crippen LogP contribution in [0.5, 0.6) is 0 Å². The normalized spacial score (nSPS) is 10.7. The fourth-order valence-corrected chi connectivity index (χ4v) is 2.19. The van der Waals surface area contributed by atoms with Gasteiger partial charge in [-0.1, -0.05) is 36.5 Å². The van der Waals surface area contributed by atoms with Crippen molar-refractivity contribution in [2.24, 2.45) is 0 Å². The van der Waals surface area contributed by atoms with Gasteiger partial charge in [0.05, 0.1) is 16.3 Å². The lowest BCUT2D eigenvalue weighted by atomic mass is 10.2. The van der Waals surface area contributed by atoms with Crippen molar-refractivity contribution < 1.29 is 14.3 Å². The second kappa shape index (κ2) is 5.63. The Labute approximate surface area is 120 Å². The van der Waals surface area contributed by atoms with E-state index >= 15 is 0 Å². The summed E-state index contributed by atoms with van der Waals surface area (Å²) in [5, 5.41) is 9.94. The van der Waals surface area contributed by atoms with Crippen LogP contribution in [0, 0.1) is 0 Å². The topological polar surface area (TPSA) is 63.3 Å². The van der Waals surface area contributed by atoms with Crippen LogP contribution in [0.1, 0.15) is 29.6 Å². The SMILES string of the molecule is CCCc1nc(-c2ccc(Cl)cc2Cl)oc1C(=O)O. The molecule has 19 heavy (non-hydrogen) atoms. The van der Waals surface area contributed by atoms with Crippen LogP contribution in [0.4, 0.5) is 0 Å². The van der Waals surface area contributed by atoms with E-state index in [2.05, 4.69) is 4.98 Å². The summed E-state index contributed by atoms with van der Waals surface area (Å²) in [6.07, 6.45) is 1.32. The first-order valence-electron chi connectivity index (χ1n) is 5.71. The summed E-state index contributed by atoms with van der Waals surface area (Å²) < 4.78 is 5.30. The van der Waals surface area contributed by atoms with Gasteiger partial charge in [0.2, 0.25) is 11.7 Å². The van der Waals surface area contributed by atoms with E-state index in [0.717, 1.165) is 6.42 Å². The number of carboxylic acids is 1. The lowest BCUT2D eigenvalue weighted by Crippen LogP contribution is -1.99. The van der Waals surface area contributed by atoms with Gasteiger partial charge in [0.15, 0.2) is 0 Å². The summed E-state index contributed by atoms with van der Waals surface area (Å²) in [5.41, 5.74) is 0.951. The average Bonchev–Trinajstić information content (AvgIpc) is 2.73. The predicted molar refractivity (Wildman–Crippen MR) is 72.9 cm³/mol. The molecule has 0 radical (unpaired) electrons. The number of oxazole rings is 1. The van der Waals surface area contributed by atoms with Crippen molar-refractivity contribution in [1.29, 1.82) is 0 Å². The standard InChI is InChI=1S/C13H11Cl2NO3/c1-2-3-10-11(13(17)18)19-12(16-10)8-5-4-7(14)6-9(8)15/h4-6H,2-3H2,1H3,(H,17,18). The Kier molecular flexibility index (Phi) is 4.12. The molecule has 1 heterocycles. The molecule has 4 nitrogen and oxygen atoms in total. The Morgan fingerprint density at radius 1 is 1.42 bits per heavy atom. The molecular weight excluding hydrogens is 289 g/mol. The molecule has 1 N–H and O–H groups in total. The summed E-state index contributed by atoms with van der Waals surface area (Å²) >= 11 is 11.9. The Hall–Kier alpha value is -1.52. The van der Waals surface area contributed by atoms with Crippen molar-refractivity contribution in [2.45, 2.75) is 19.8 Å². The van der Waals surface area contributed by atoms with E-state index in [4.69, 9.17) is 32.7 Å². The summed E-state index contributed by atoms with van der Waals surface area (Å²) in [5.74, 6) is -1.07. The van der Waals surface area contributed by atoms with Gasteiger partial charge in [-0.2, -0.15) is 0 Å². The van der Waals surface area contributed by atoms with E-state index in [0.29, 0.717) is 27.7 Å². The highest BCUT2D eigenvalue weighted by Crippen LogP contribution is 2.31. The first-order valence-corrected chi connectivity index (χ1v) is 6.47. The predicted octanol–water partition coefficient (Wildman–Crippen LogP) is 4.30. The van der Waals surface area contributed by atoms with Crippen molar-refractivity contribution in [1.82, 2.24) is 4.98 Å². The minimum Gasteiger partial charge on any atom is -0.475 e. The molecule has 0 saturated carbocycles. The number of carbonyl (C=O) groups is 1. The highest BCUT2D eigenvalue weighted by molar-refractivity contribution is 6.36. The third-order valence-corrected chi connectivity index (χ3v) is 3.09. The van der Waals surface area contributed by atoms with Gasteiger partial charge in [0, 0.05) is 5.02 Å². The van der Waals surface area contributed by atoms with E-state index in [9.17, 15) is 4.79 Å². The van der Waals surface area contributed by atoms with Crippen molar-refractivity contribution in [3.05, 3.63) is 39.7 Å². The highest BCUT2D eigenvalue weighted by Gasteiger charge is 2.20. The van der Waals surface area contributed by atoms with E-state index in [1.54, 1.807) is 18.2 Å². The number of rotatable bonds is 4. The van der Waals surface area contributed by atoms with Gasteiger partial charge in [-0.15, -0.1) is 0 Å². The minimum absolute atomic E-state index is 0.136. The van der Waals surface area contributed by atoms with Crippen LogP contribution in [-0.2, 0) is 6.42 Å². The molecule has 0 spiro atoms. The molecule has 0 aliphatic rings. The van der Waals surface area contributed by atoms with Crippen molar-refractivity contribution >= 4 is 29.2 Å². The van der Waals surface area contributed by atoms with Crippen LogP contribution in [0.15, 0.2) is 22.6 Å². The quantitative estimate of drug-likeness (QED) is 0.914. The third kappa shape index (κ3) is 2.91. The summed E-state index contributed by atoms with van der Waals surface area (Å²) in [6.45, 7) is 1.94. The van der Waals surface area contributed by atoms with E-state index in [-0.39, 0.29) is 11.7 Å². The maximum atomic E-state index is 11.1. The molecule has 0 fully saturated rings. The Bertz CT molecular complexity index is 622. The number of aromatic nitrogens is 1. The average molecular weight is 300 g/mol. The molecule has 0 unspecified atom stereocenters. The summed E-state index contributed by atoms with van der Waals surface area (Å²) in [4.78, 5) is 15.3. The van der Waals surface area contributed by atoms with E-state index in [1.165, 1.54) is 0 Å². The van der Waals surface area contributed by atoms with Crippen molar-refractivity contribution in [2.75, 3.05) is 0 Å². The van der Waals surface area contributed by atoms with Gasteiger partial charge >= 0.3 is 5.97 Å². The Morgan fingerprint density at radius 2 is 2.16 bits per heavy atom. The number of benzene rings is 1. The van der Waals surface area contributed by atoms with E-state index in [1.807, 2.05) is 6.92 Å². The van der Waals surface area contributed by atoms with Gasteiger partial charge in [-0.05, 0) is 24.6 Å². The number of carboxylic acid groups (broad SMARTS) is 1. The van der Waals surface area contributed by atoms with Crippen LogP contribution in [-0.4, -0.2) is 16.1 Å². The molecule has 1 aromatic heterocycles. The molecule has 2 aromatic rings. The lowest BCUT2D eigenvalue weighted by Gasteiger charge is -1.99. The van der Waals surface area contributed by atoms with Gasteiger partial charge in [0.1, 0.15) is 0 Å². The molecule has 0 aliphatic heterocycles. The number of nitrogens with zero attached hydrogens (tertiary/aromatic N) is 1. The molecule has 0 atom stereocenters. The summed E-state index contributed by atoms with van der Waals surface area (Å²) in [7, 11) is 0. The van der Waals surface area contributed by atoms with Gasteiger partial charge < -0.3 is 9.52 Å². The largest absolute Gasteiger partial charge is 0.475 e. The van der Waals surface area contributed by atoms with Crippen molar-refractivity contribution in [3.63, 3.8) is 0 Å². The fourth-order valence-electron chi connectivity index (χ4n) is 1.70. The number of hydrogen-bond donors (Lipinski definition) is 1. The van der Waals surface area contributed by atoms with Crippen molar-refractivity contribution in [3.8, 4) is 11.5 Å². The third-order valence-electron chi connectivity index (χ3n) is 2.54. The Morgan fingerprint density at radius 3 is 2.74 bits per heavy atom. The maximum absolute atomic E-state index is 11.1. The monoisotopic (exact) mass is 299 g/mol. The molecule has 1 aromatic carbocycles. The number of hydrogen-bond acceptors (Lipinski definition) is 3. The van der Waals surface area contributed by atoms with E-state index < -0.39 is 5.97 Å². The van der Waals surface area contributed by atoms with Crippen LogP contribution in [0.2, 0.25) is 10.0 Å². The highest BCUT2D eigenvalue weighted by atomic mass is 35.5. The first kappa shape index (κ1) is 13.9. The zero-order chi connectivity index (χ0) is 14.0. The number of aryl methyl sites for hydroxylation is 1. The van der Waals surface area contributed by atoms with Gasteiger partial charge in [-0.25, -0.2) is 9.78 Å². The molecule has 0 saturated heterocycles. The van der Waals surface area contributed by atoms with Crippen LogP contribution < -0.4 is 0 Å². The molecule has 0 aliphatic carbocycles. The number of aromatic carboxylic acids is 1. The fraction of sp³-hybridized carbons (Fsp3) is 0.231. The lowest BCUT2D eigenvalue weighted by molar-refractivity contribution is 0.0661. The van der Waals surface area contributed by atoms with Crippen LogP contribution in [0.3, 0.4) is 0 Å². The van der Waals surface area contributed by atoms with Gasteiger partial charge in [-0.3, -0.25) is 0 Å². The molecular formula is C13H11Cl2NO3. The Balaban J connectivity index is 2.50. The molecule has 2 rings (SSSR count). The molecule has 0 bridgehead atoms. The zero-order valence-electron chi connectivity index (χ0n) is 10.1. The van der Waals surface area contributed by atoms with Crippen LogP contribution >= 0.6 is 23.2 Å². The maximum Gasteiger partial charge on any atom is 0.373 e. The molecule has 6 heteroatoms. The molecule has 100 valence electrons. The smallest absolute Gasteiger partial charge is 0.373 e. The first-order chi connectivity index (χ1) is 9.02. The van der Waals surface area contributed by atoms with Crippen LogP contribution in [0.25, 0.3) is 11.5 Å². The number of halogens is 2.